The van der Waals surface area contributed by atoms with Crippen molar-refractivity contribution < 1.29 is 4.79 Å². The van der Waals surface area contributed by atoms with Gasteiger partial charge in [-0.05, 0) is 74.5 Å². The van der Waals surface area contributed by atoms with Crippen molar-refractivity contribution in [1.29, 1.82) is 0 Å². The Bertz CT molecular complexity index is 478. The fraction of sp³-hybridized carbons (Fsp3) is 0.611. The lowest BCUT2D eigenvalue weighted by atomic mass is 9.93. The van der Waals surface area contributed by atoms with Gasteiger partial charge in [-0.15, -0.1) is 0 Å². The highest BCUT2D eigenvalue weighted by molar-refractivity contribution is 9.10. The summed E-state index contributed by atoms with van der Waals surface area (Å²) in [6.07, 6.45) is 7.05. The predicted octanol–water partition coefficient (Wildman–Crippen LogP) is 4.32. The molecule has 0 aromatic heterocycles. The first-order valence-electron chi connectivity index (χ1n) is 8.15. The number of benzene rings is 1. The van der Waals surface area contributed by atoms with Crippen LogP contribution in [0.4, 0.5) is 0 Å². The normalized spacial score (nSPS) is 19.6. The van der Waals surface area contributed by atoms with Gasteiger partial charge < -0.3 is 5.32 Å². The Hall–Kier alpha value is -0.830. The zero-order valence-corrected chi connectivity index (χ0v) is 14.2. The summed E-state index contributed by atoms with van der Waals surface area (Å²) in [6, 6.07) is 8.55. The molecule has 2 aliphatic carbocycles. The van der Waals surface area contributed by atoms with Gasteiger partial charge in [-0.2, -0.15) is 0 Å². The molecule has 0 radical (unpaired) electrons. The molecule has 1 amide bonds. The number of amides is 1. The SMILES string of the molecule is CC(Cc1ccc(Br)cc1)NC(=O)CC(C1CC1)C1CC1. The second kappa shape index (κ2) is 6.51. The minimum atomic E-state index is 0.206. The van der Waals surface area contributed by atoms with Crippen molar-refractivity contribution in [1.82, 2.24) is 5.32 Å². The Balaban J connectivity index is 1.46. The topological polar surface area (TPSA) is 29.1 Å². The highest BCUT2D eigenvalue weighted by Crippen LogP contribution is 2.50. The molecule has 21 heavy (non-hydrogen) atoms. The van der Waals surface area contributed by atoms with Gasteiger partial charge >= 0.3 is 0 Å². The lowest BCUT2D eigenvalue weighted by Crippen LogP contribution is -2.35. The van der Waals surface area contributed by atoms with Crippen LogP contribution in [0, 0.1) is 17.8 Å². The van der Waals surface area contributed by atoms with Crippen molar-refractivity contribution >= 4 is 21.8 Å². The molecular formula is C18H24BrNO. The van der Waals surface area contributed by atoms with Crippen LogP contribution in [-0.2, 0) is 11.2 Å². The Morgan fingerprint density at radius 3 is 2.29 bits per heavy atom. The second-order valence-corrected chi connectivity index (χ2v) is 7.76. The van der Waals surface area contributed by atoms with E-state index in [9.17, 15) is 4.79 Å². The van der Waals surface area contributed by atoms with E-state index in [2.05, 4.69) is 52.4 Å². The summed E-state index contributed by atoms with van der Waals surface area (Å²) in [7, 11) is 0. The van der Waals surface area contributed by atoms with Gasteiger partial charge in [-0.1, -0.05) is 28.1 Å². The minimum absolute atomic E-state index is 0.206. The van der Waals surface area contributed by atoms with Crippen LogP contribution in [0.25, 0.3) is 0 Å². The monoisotopic (exact) mass is 349 g/mol. The van der Waals surface area contributed by atoms with Crippen molar-refractivity contribution in [3.8, 4) is 0 Å². The molecular weight excluding hydrogens is 326 g/mol. The molecule has 0 bridgehead atoms. The summed E-state index contributed by atoms with van der Waals surface area (Å²) in [5.74, 6) is 2.63. The smallest absolute Gasteiger partial charge is 0.220 e. The highest BCUT2D eigenvalue weighted by atomic mass is 79.9. The molecule has 0 heterocycles. The summed E-state index contributed by atoms with van der Waals surface area (Å²) in [5.41, 5.74) is 1.27. The number of rotatable bonds is 7. The molecule has 0 aliphatic heterocycles. The lowest BCUT2D eigenvalue weighted by molar-refractivity contribution is -0.122. The van der Waals surface area contributed by atoms with Gasteiger partial charge in [0.25, 0.3) is 0 Å². The van der Waals surface area contributed by atoms with E-state index in [0.717, 1.165) is 29.2 Å². The van der Waals surface area contributed by atoms with Gasteiger partial charge in [0.05, 0.1) is 0 Å². The zero-order valence-electron chi connectivity index (χ0n) is 12.6. The van der Waals surface area contributed by atoms with Gasteiger partial charge in [-0.25, -0.2) is 0 Å². The molecule has 0 saturated heterocycles. The molecule has 1 aromatic rings. The van der Waals surface area contributed by atoms with E-state index in [0.29, 0.717) is 5.92 Å². The summed E-state index contributed by atoms with van der Waals surface area (Å²) >= 11 is 3.45. The third kappa shape index (κ3) is 4.57. The molecule has 3 heteroatoms. The van der Waals surface area contributed by atoms with Gasteiger partial charge in [-0.3, -0.25) is 4.79 Å². The third-order valence-electron chi connectivity index (χ3n) is 4.74. The van der Waals surface area contributed by atoms with Crippen LogP contribution in [0.1, 0.15) is 44.6 Å². The Morgan fingerprint density at radius 2 is 1.76 bits per heavy atom. The minimum Gasteiger partial charge on any atom is -0.353 e. The predicted molar refractivity (Wildman–Crippen MR) is 89.0 cm³/mol. The van der Waals surface area contributed by atoms with Crippen molar-refractivity contribution in [3.05, 3.63) is 34.3 Å². The number of carbonyl (C=O) groups is 1. The van der Waals surface area contributed by atoms with Gasteiger partial charge in [0.1, 0.15) is 0 Å². The molecule has 0 spiro atoms. The van der Waals surface area contributed by atoms with E-state index in [1.807, 2.05) is 0 Å². The number of carbonyl (C=O) groups excluding carboxylic acids is 1. The van der Waals surface area contributed by atoms with E-state index in [1.165, 1.54) is 31.2 Å². The standard InChI is InChI=1S/C18H24BrNO/c1-12(10-13-2-8-16(19)9-3-13)20-18(21)11-17(14-4-5-14)15-6-7-15/h2-3,8-9,12,14-15,17H,4-7,10-11H2,1H3,(H,20,21). The number of hydrogen-bond donors (Lipinski definition) is 1. The molecule has 2 fully saturated rings. The Labute approximate surface area is 135 Å². The van der Waals surface area contributed by atoms with Crippen LogP contribution in [0.15, 0.2) is 28.7 Å². The molecule has 114 valence electrons. The van der Waals surface area contributed by atoms with E-state index < -0.39 is 0 Å². The lowest BCUT2D eigenvalue weighted by Gasteiger charge is -2.18. The maximum atomic E-state index is 12.3. The van der Waals surface area contributed by atoms with Crippen molar-refractivity contribution in [2.24, 2.45) is 17.8 Å². The molecule has 1 unspecified atom stereocenters. The van der Waals surface area contributed by atoms with E-state index in [-0.39, 0.29) is 11.9 Å². The fourth-order valence-electron chi connectivity index (χ4n) is 3.34. The van der Waals surface area contributed by atoms with Crippen LogP contribution in [-0.4, -0.2) is 11.9 Å². The quantitative estimate of drug-likeness (QED) is 0.780. The fourth-order valence-corrected chi connectivity index (χ4v) is 3.60. The second-order valence-electron chi connectivity index (χ2n) is 6.84. The van der Waals surface area contributed by atoms with Gasteiger partial charge in [0.2, 0.25) is 5.91 Å². The third-order valence-corrected chi connectivity index (χ3v) is 5.27. The molecule has 1 atom stereocenters. The van der Waals surface area contributed by atoms with Gasteiger partial charge in [0.15, 0.2) is 0 Å². The maximum absolute atomic E-state index is 12.3. The Morgan fingerprint density at radius 1 is 1.19 bits per heavy atom. The first-order valence-corrected chi connectivity index (χ1v) is 8.95. The zero-order chi connectivity index (χ0) is 14.8. The molecule has 3 rings (SSSR count). The summed E-state index contributed by atoms with van der Waals surface area (Å²) in [4.78, 5) is 12.3. The van der Waals surface area contributed by atoms with E-state index in [1.54, 1.807) is 0 Å². The average molecular weight is 350 g/mol. The Kier molecular flexibility index (Phi) is 4.68. The van der Waals surface area contributed by atoms with Crippen LogP contribution >= 0.6 is 15.9 Å². The molecule has 2 saturated carbocycles. The van der Waals surface area contributed by atoms with Crippen LogP contribution < -0.4 is 5.32 Å². The molecule has 1 aromatic carbocycles. The van der Waals surface area contributed by atoms with Crippen molar-refractivity contribution in [2.45, 2.75) is 51.5 Å². The van der Waals surface area contributed by atoms with Crippen LogP contribution in [0.2, 0.25) is 0 Å². The van der Waals surface area contributed by atoms with Crippen LogP contribution in [0.3, 0.4) is 0 Å². The van der Waals surface area contributed by atoms with E-state index >= 15 is 0 Å². The first-order chi connectivity index (χ1) is 10.1. The molecule has 2 aliphatic rings. The average Bonchev–Trinajstić information content (AvgIpc) is 3.31. The van der Waals surface area contributed by atoms with Crippen molar-refractivity contribution in [3.63, 3.8) is 0 Å². The number of hydrogen-bond acceptors (Lipinski definition) is 1. The molecule has 2 nitrogen and oxygen atoms in total. The number of halogens is 1. The summed E-state index contributed by atoms with van der Waals surface area (Å²) < 4.78 is 1.10. The van der Waals surface area contributed by atoms with E-state index in [4.69, 9.17) is 0 Å². The molecule has 1 N–H and O–H groups in total. The number of nitrogens with one attached hydrogen (secondary N) is 1. The summed E-state index contributed by atoms with van der Waals surface area (Å²) in [5, 5.41) is 3.19. The van der Waals surface area contributed by atoms with Gasteiger partial charge in [0, 0.05) is 16.9 Å². The largest absolute Gasteiger partial charge is 0.353 e. The first kappa shape index (κ1) is 15.1. The van der Waals surface area contributed by atoms with Crippen molar-refractivity contribution in [2.75, 3.05) is 0 Å². The van der Waals surface area contributed by atoms with Crippen LogP contribution in [0.5, 0.6) is 0 Å². The maximum Gasteiger partial charge on any atom is 0.220 e. The summed E-state index contributed by atoms with van der Waals surface area (Å²) in [6.45, 7) is 2.10. The highest BCUT2D eigenvalue weighted by Gasteiger charge is 2.42.